The van der Waals surface area contributed by atoms with E-state index in [0.717, 1.165) is 5.56 Å². The number of anilines is 2. The second-order valence-corrected chi connectivity index (χ2v) is 6.03. The largest absolute Gasteiger partial charge is 0.489 e. The molecule has 136 valence electrons. The van der Waals surface area contributed by atoms with Gasteiger partial charge < -0.3 is 15.8 Å². The Hall–Kier alpha value is -2.89. The minimum absolute atomic E-state index is 0.0881. The number of amides is 2. The van der Waals surface area contributed by atoms with E-state index in [1.165, 1.54) is 12.4 Å². The fourth-order valence-electron chi connectivity index (χ4n) is 2.11. The highest BCUT2D eigenvalue weighted by Gasteiger charge is 2.14. The van der Waals surface area contributed by atoms with E-state index >= 15 is 0 Å². The number of carbonyl (C=O) groups excluding carboxylic acids is 1. The van der Waals surface area contributed by atoms with Gasteiger partial charge in [0, 0.05) is 5.02 Å². The summed E-state index contributed by atoms with van der Waals surface area (Å²) in [5, 5.41) is 14.4. The van der Waals surface area contributed by atoms with E-state index in [-0.39, 0.29) is 17.6 Å². The van der Waals surface area contributed by atoms with Crippen molar-refractivity contribution in [3.8, 4) is 11.8 Å². The number of ether oxygens (including phenoxy) is 1. The SMILES string of the molecule is CC(C)Oc1cc(CCN)c(Cl)cc1NC(=O)Nc1cnc(C#N)cn1. The summed E-state index contributed by atoms with van der Waals surface area (Å²) in [5.41, 5.74) is 7.01. The van der Waals surface area contributed by atoms with E-state index in [1.807, 2.05) is 19.9 Å². The number of hydrogen-bond donors (Lipinski definition) is 3. The van der Waals surface area contributed by atoms with Gasteiger partial charge in [-0.15, -0.1) is 0 Å². The Morgan fingerprint density at radius 3 is 2.69 bits per heavy atom. The lowest BCUT2D eigenvalue weighted by Crippen LogP contribution is -2.21. The number of urea groups is 1. The maximum absolute atomic E-state index is 12.2. The molecule has 0 saturated carbocycles. The number of nitrogens with two attached hydrogens (primary N) is 1. The number of halogens is 1. The summed E-state index contributed by atoms with van der Waals surface area (Å²) in [6, 6.07) is 4.70. The monoisotopic (exact) mass is 374 g/mol. The third kappa shape index (κ3) is 5.31. The van der Waals surface area contributed by atoms with Crippen molar-refractivity contribution in [1.82, 2.24) is 9.97 Å². The van der Waals surface area contributed by atoms with Crippen LogP contribution in [0.15, 0.2) is 24.5 Å². The van der Waals surface area contributed by atoms with Gasteiger partial charge in [0.25, 0.3) is 0 Å². The van der Waals surface area contributed by atoms with Crippen LogP contribution in [0.4, 0.5) is 16.3 Å². The second kappa shape index (κ2) is 8.99. The summed E-state index contributed by atoms with van der Waals surface area (Å²) in [4.78, 5) is 20.0. The van der Waals surface area contributed by atoms with Gasteiger partial charge >= 0.3 is 6.03 Å². The lowest BCUT2D eigenvalue weighted by Gasteiger charge is -2.17. The highest BCUT2D eigenvalue weighted by atomic mass is 35.5. The molecule has 0 aliphatic rings. The first kappa shape index (κ1) is 19.4. The van der Waals surface area contributed by atoms with Gasteiger partial charge in [-0.05, 0) is 44.5 Å². The maximum atomic E-state index is 12.2. The van der Waals surface area contributed by atoms with Crippen molar-refractivity contribution >= 4 is 29.1 Å². The molecule has 1 aromatic carbocycles. The van der Waals surface area contributed by atoms with Gasteiger partial charge in [0.2, 0.25) is 0 Å². The quantitative estimate of drug-likeness (QED) is 0.713. The third-order valence-electron chi connectivity index (χ3n) is 3.18. The van der Waals surface area contributed by atoms with Crippen molar-refractivity contribution in [3.05, 3.63) is 40.8 Å². The van der Waals surface area contributed by atoms with Crippen LogP contribution < -0.4 is 21.1 Å². The van der Waals surface area contributed by atoms with E-state index < -0.39 is 6.03 Å². The minimum atomic E-state index is -0.541. The smallest absolute Gasteiger partial charge is 0.325 e. The lowest BCUT2D eigenvalue weighted by molar-refractivity contribution is 0.242. The van der Waals surface area contributed by atoms with Crippen molar-refractivity contribution in [3.63, 3.8) is 0 Å². The molecule has 0 unspecified atom stereocenters. The first-order chi connectivity index (χ1) is 12.4. The molecule has 9 heteroatoms. The standard InChI is InChI=1S/C17H19ClN6O2/c1-10(2)26-15-5-11(3-4-19)13(18)6-14(15)23-17(25)24-16-9-21-12(7-20)8-22-16/h5-6,8-10H,3-4,19H2,1-2H3,(H2,22,23,24,25). The highest BCUT2D eigenvalue weighted by molar-refractivity contribution is 6.31. The van der Waals surface area contributed by atoms with Crippen molar-refractivity contribution in [1.29, 1.82) is 5.26 Å². The van der Waals surface area contributed by atoms with Crippen molar-refractivity contribution < 1.29 is 9.53 Å². The molecule has 4 N–H and O–H groups in total. The average molecular weight is 375 g/mol. The first-order valence-corrected chi connectivity index (χ1v) is 8.30. The average Bonchev–Trinajstić information content (AvgIpc) is 2.59. The molecule has 8 nitrogen and oxygen atoms in total. The predicted octanol–water partition coefficient (Wildman–Crippen LogP) is 2.93. The highest BCUT2D eigenvalue weighted by Crippen LogP contribution is 2.32. The molecule has 0 aliphatic carbocycles. The van der Waals surface area contributed by atoms with Gasteiger partial charge in [0.1, 0.15) is 11.8 Å². The predicted molar refractivity (Wildman–Crippen MR) is 99.4 cm³/mol. The number of aromatic nitrogens is 2. The molecular weight excluding hydrogens is 356 g/mol. The molecular formula is C17H19ClN6O2. The number of nitrogens with zero attached hydrogens (tertiary/aromatic N) is 3. The van der Waals surface area contributed by atoms with Gasteiger partial charge in [-0.3, -0.25) is 5.32 Å². The van der Waals surface area contributed by atoms with Crippen LogP contribution in [0.5, 0.6) is 5.75 Å². The number of benzene rings is 1. The van der Waals surface area contributed by atoms with Crippen molar-refractivity contribution in [2.75, 3.05) is 17.2 Å². The van der Waals surface area contributed by atoms with Crippen molar-refractivity contribution in [2.45, 2.75) is 26.4 Å². The Morgan fingerprint density at radius 1 is 1.35 bits per heavy atom. The van der Waals surface area contributed by atoms with E-state index in [2.05, 4.69) is 20.6 Å². The molecule has 26 heavy (non-hydrogen) atoms. The van der Waals surface area contributed by atoms with Gasteiger partial charge in [0.05, 0.1) is 24.2 Å². The molecule has 0 fully saturated rings. The molecule has 0 aliphatic heterocycles. The molecule has 1 heterocycles. The number of nitrogens with one attached hydrogen (secondary N) is 2. The van der Waals surface area contributed by atoms with E-state index in [4.69, 9.17) is 27.3 Å². The zero-order chi connectivity index (χ0) is 19.1. The van der Waals surface area contributed by atoms with Crippen LogP contribution >= 0.6 is 11.6 Å². The Kier molecular flexibility index (Phi) is 6.72. The normalized spacial score (nSPS) is 10.3. The Balaban J connectivity index is 2.18. The van der Waals surface area contributed by atoms with Crippen LogP contribution in [0.1, 0.15) is 25.1 Å². The molecule has 2 rings (SSSR count). The fourth-order valence-corrected chi connectivity index (χ4v) is 2.37. The van der Waals surface area contributed by atoms with Crippen LogP contribution in [-0.2, 0) is 6.42 Å². The van der Waals surface area contributed by atoms with Crippen LogP contribution in [-0.4, -0.2) is 28.6 Å². The molecule has 2 amide bonds. The van der Waals surface area contributed by atoms with Gasteiger partial charge in [-0.1, -0.05) is 11.6 Å². The summed E-state index contributed by atoms with van der Waals surface area (Å²) < 4.78 is 5.76. The molecule has 0 saturated heterocycles. The third-order valence-corrected chi connectivity index (χ3v) is 3.53. The van der Waals surface area contributed by atoms with E-state index in [1.54, 1.807) is 12.1 Å². The Labute approximate surface area is 156 Å². The number of carbonyl (C=O) groups is 1. The van der Waals surface area contributed by atoms with Gasteiger partial charge in [-0.25, -0.2) is 14.8 Å². The Morgan fingerprint density at radius 2 is 2.12 bits per heavy atom. The van der Waals surface area contributed by atoms with E-state index in [9.17, 15) is 4.79 Å². The number of nitriles is 1. The molecule has 1 aromatic heterocycles. The molecule has 0 bridgehead atoms. The molecule has 0 spiro atoms. The maximum Gasteiger partial charge on any atom is 0.325 e. The zero-order valence-corrected chi connectivity index (χ0v) is 15.2. The minimum Gasteiger partial charge on any atom is -0.489 e. The van der Waals surface area contributed by atoms with Crippen LogP contribution in [0, 0.1) is 11.3 Å². The summed E-state index contributed by atoms with van der Waals surface area (Å²) in [7, 11) is 0. The molecule has 2 aromatic rings. The second-order valence-electron chi connectivity index (χ2n) is 5.62. The van der Waals surface area contributed by atoms with Crippen LogP contribution in [0.2, 0.25) is 5.02 Å². The zero-order valence-electron chi connectivity index (χ0n) is 14.4. The number of hydrogen-bond acceptors (Lipinski definition) is 6. The van der Waals surface area contributed by atoms with E-state index in [0.29, 0.717) is 29.4 Å². The lowest BCUT2D eigenvalue weighted by atomic mass is 10.1. The Bertz CT molecular complexity index is 817. The van der Waals surface area contributed by atoms with Crippen molar-refractivity contribution in [2.24, 2.45) is 5.73 Å². The van der Waals surface area contributed by atoms with Crippen LogP contribution in [0.3, 0.4) is 0 Å². The van der Waals surface area contributed by atoms with Crippen LogP contribution in [0.25, 0.3) is 0 Å². The van der Waals surface area contributed by atoms with Gasteiger partial charge in [-0.2, -0.15) is 5.26 Å². The summed E-state index contributed by atoms with van der Waals surface area (Å²) >= 11 is 6.26. The fraction of sp³-hybridized carbons (Fsp3) is 0.294. The topological polar surface area (TPSA) is 126 Å². The number of rotatable bonds is 6. The summed E-state index contributed by atoms with van der Waals surface area (Å²) in [6.45, 7) is 4.21. The summed E-state index contributed by atoms with van der Waals surface area (Å²) in [5.74, 6) is 0.701. The van der Waals surface area contributed by atoms with Gasteiger partial charge in [0.15, 0.2) is 11.5 Å². The summed E-state index contributed by atoms with van der Waals surface area (Å²) in [6.07, 6.45) is 3.07. The first-order valence-electron chi connectivity index (χ1n) is 7.92. The molecule has 0 atom stereocenters. The molecule has 0 radical (unpaired) electrons.